The van der Waals surface area contributed by atoms with E-state index in [0.717, 1.165) is 15.8 Å². The van der Waals surface area contributed by atoms with Crippen molar-refractivity contribution in [3.8, 4) is 6.07 Å². The van der Waals surface area contributed by atoms with Crippen LogP contribution in [-0.2, 0) is 0 Å². The number of aliphatic hydroxyl groups is 1. The third kappa shape index (κ3) is 2.05. The lowest BCUT2D eigenvalue weighted by Gasteiger charge is -2.08. The summed E-state index contributed by atoms with van der Waals surface area (Å²) in [6, 6.07) is 10.2. The van der Waals surface area contributed by atoms with E-state index < -0.39 is 4.75 Å². The van der Waals surface area contributed by atoms with Crippen LogP contribution in [0.25, 0.3) is 0 Å². The summed E-state index contributed by atoms with van der Waals surface area (Å²) in [7, 11) is 0. The highest BCUT2D eigenvalue weighted by atomic mass is 79.9. The molecule has 1 aliphatic rings. The first-order valence-electron chi connectivity index (χ1n) is 4.67. The zero-order valence-electron chi connectivity index (χ0n) is 7.98. The zero-order valence-corrected chi connectivity index (χ0v) is 10.4. The van der Waals surface area contributed by atoms with Gasteiger partial charge in [0, 0.05) is 21.9 Å². The molecule has 0 aromatic heterocycles. The fourth-order valence-electron chi connectivity index (χ4n) is 1.53. The molecule has 1 saturated carbocycles. The van der Waals surface area contributed by atoms with E-state index in [1.807, 2.05) is 24.3 Å². The van der Waals surface area contributed by atoms with Gasteiger partial charge in [0.15, 0.2) is 0 Å². The van der Waals surface area contributed by atoms with Crippen molar-refractivity contribution < 1.29 is 5.11 Å². The minimum atomic E-state index is -0.404. The Morgan fingerprint density at radius 1 is 1.60 bits per heavy atom. The van der Waals surface area contributed by atoms with Crippen molar-refractivity contribution in [2.24, 2.45) is 5.92 Å². The Morgan fingerprint density at radius 2 is 2.33 bits per heavy atom. The number of halogens is 1. The van der Waals surface area contributed by atoms with Gasteiger partial charge in [0.25, 0.3) is 0 Å². The van der Waals surface area contributed by atoms with Crippen molar-refractivity contribution >= 4 is 27.7 Å². The van der Waals surface area contributed by atoms with Crippen LogP contribution >= 0.6 is 27.7 Å². The van der Waals surface area contributed by atoms with Crippen LogP contribution in [0.5, 0.6) is 0 Å². The number of benzene rings is 1. The van der Waals surface area contributed by atoms with Gasteiger partial charge in [-0.25, -0.2) is 0 Å². The van der Waals surface area contributed by atoms with Crippen LogP contribution < -0.4 is 0 Å². The van der Waals surface area contributed by atoms with E-state index in [1.54, 1.807) is 11.8 Å². The second-order valence-corrected chi connectivity index (χ2v) is 5.84. The first kappa shape index (κ1) is 11.0. The third-order valence-corrected chi connectivity index (χ3v) is 5.07. The Kier molecular flexibility index (Phi) is 3.06. The molecule has 1 N–H and O–H groups in total. The van der Waals surface area contributed by atoms with Crippen molar-refractivity contribution in [1.29, 1.82) is 5.26 Å². The molecule has 2 atom stereocenters. The number of nitrogens with zero attached hydrogens (tertiary/aromatic N) is 1. The monoisotopic (exact) mass is 283 g/mol. The molecule has 1 fully saturated rings. The van der Waals surface area contributed by atoms with Crippen LogP contribution in [0.1, 0.15) is 6.42 Å². The standard InChI is InChI=1S/C11H10BrNOS/c12-9-3-1-2-4-10(9)15-11(7-13)5-8(11)6-14/h1-4,8,14H,5-6H2. The largest absolute Gasteiger partial charge is 0.396 e. The molecular weight excluding hydrogens is 274 g/mol. The molecule has 1 aromatic rings. The fraction of sp³-hybridized carbons (Fsp3) is 0.364. The highest BCUT2D eigenvalue weighted by Gasteiger charge is 2.55. The Balaban J connectivity index is 2.17. The summed E-state index contributed by atoms with van der Waals surface area (Å²) in [6.07, 6.45) is 0.784. The molecule has 1 aromatic carbocycles. The first-order chi connectivity index (χ1) is 7.22. The SMILES string of the molecule is N#CC1(Sc2ccccc2Br)CC1CO. The second kappa shape index (κ2) is 4.17. The van der Waals surface area contributed by atoms with Gasteiger partial charge in [-0.05, 0) is 34.5 Å². The van der Waals surface area contributed by atoms with Gasteiger partial charge in [-0.15, -0.1) is 11.8 Å². The van der Waals surface area contributed by atoms with Crippen LogP contribution in [-0.4, -0.2) is 16.5 Å². The maximum absolute atomic E-state index is 9.11. The van der Waals surface area contributed by atoms with Gasteiger partial charge >= 0.3 is 0 Å². The van der Waals surface area contributed by atoms with Crippen molar-refractivity contribution in [3.05, 3.63) is 28.7 Å². The van der Waals surface area contributed by atoms with Gasteiger partial charge < -0.3 is 5.11 Å². The Hall–Kier alpha value is -0.500. The molecule has 4 heteroatoms. The molecule has 0 amide bonds. The van der Waals surface area contributed by atoms with Crippen molar-refractivity contribution in [2.75, 3.05) is 6.61 Å². The van der Waals surface area contributed by atoms with E-state index >= 15 is 0 Å². The predicted molar refractivity (Wildman–Crippen MR) is 63.5 cm³/mol. The number of rotatable bonds is 3. The zero-order chi connectivity index (χ0) is 10.9. The lowest BCUT2D eigenvalue weighted by Crippen LogP contribution is -2.05. The molecule has 0 aliphatic heterocycles. The van der Waals surface area contributed by atoms with Crippen molar-refractivity contribution in [3.63, 3.8) is 0 Å². The summed E-state index contributed by atoms with van der Waals surface area (Å²) >= 11 is 5.00. The highest BCUT2D eigenvalue weighted by Crippen LogP contribution is 2.57. The molecule has 78 valence electrons. The van der Waals surface area contributed by atoms with Crippen molar-refractivity contribution in [2.45, 2.75) is 16.1 Å². The second-order valence-electron chi connectivity index (χ2n) is 3.62. The molecule has 2 nitrogen and oxygen atoms in total. The smallest absolute Gasteiger partial charge is 0.113 e. The van der Waals surface area contributed by atoms with Gasteiger partial charge in [-0.1, -0.05) is 12.1 Å². The first-order valence-corrected chi connectivity index (χ1v) is 6.28. The van der Waals surface area contributed by atoms with Gasteiger partial charge in [0.2, 0.25) is 0 Å². The lowest BCUT2D eigenvalue weighted by molar-refractivity contribution is 0.275. The van der Waals surface area contributed by atoms with Gasteiger partial charge in [-0.3, -0.25) is 0 Å². The molecule has 2 unspecified atom stereocenters. The molecule has 2 rings (SSSR count). The summed E-state index contributed by atoms with van der Waals surface area (Å²) in [5.41, 5.74) is 0. The Labute approximate surface area is 101 Å². The van der Waals surface area contributed by atoms with Gasteiger partial charge in [-0.2, -0.15) is 5.26 Å². The molecule has 0 heterocycles. The molecule has 0 bridgehead atoms. The van der Waals surface area contributed by atoms with E-state index in [-0.39, 0.29) is 12.5 Å². The molecule has 0 spiro atoms. The lowest BCUT2D eigenvalue weighted by atomic mass is 10.3. The molecule has 1 aliphatic carbocycles. The van der Waals surface area contributed by atoms with Crippen molar-refractivity contribution in [1.82, 2.24) is 0 Å². The third-order valence-electron chi connectivity index (χ3n) is 2.59. The van der Waals surface area contributed by atoms with E-state index in [1.165, 1.54) is 0 Å². The minimum absolute atomic E-state index is 0.102. The average molecular weight is 284 g/mol. The number of hydrogen-bond acceptors (Lipinski definition) is 3. The van der Waals surface area contributed by atoms with E-state index in [2.05, 4.69) is 22.0 Å². The van der Waals surface area contributed by atoms with E-state index in [0.29, 0.717) is 0 Å². The van der Waals surface area contributed by atoms with Gasteiger partial charge in [0.1, 0.15) is 4.75 Å². The highest BCUT2D eigenvalue weighted by molar-refractivity contribution is 9.10. The maximum atomic E-state index is 9.11. The van der Waals surface area contributed by atoms with Crippen LogP contribution in [0.2, 0.25) is 0 Å². The summed E-state index contributed by atoms with van der Waals surface area (Å²) < 4.78 is 0.603. The normalized spacial score (nSPS) is 28.5. The van der Waals surface area contributed by atoms with Crippen LogP contribution in [0.3, 0.4) is 0 Å². The summed E-state index contributed by atoms with van der Waals surface area (Å²) in [5.74, 6) is 0.125. The summed E-state index contributed by atoms with van der Waals surface area (Å²) in [4.78, 5) is 1.06. The van der Waals surface area contributed by atoms with Crippen LogP contribution in [0.15, 0.2) is 33.6 Å². The van der Waals surface area contributed by atoms with Gasteiger partial charge in [0.05, 0.1) is 6.07 Å². The Morgan fingerprint density at radius 3 is 2.87 bits per heavy atom. The number of thioether (sulfide) groups is 1. The molecular formula is C11H10BrNOS. The van der Waals surface area contributed by atoms with Crippen LogP contribution in [0, 0.1) is 17.2 Å². The minimum Gasteiger partial charge on any atom is -0.396 e. The Bertz CT molecular complexity index is 417. The number of nitriles is 1. The van der Waals surface area contributed by atoms with E-state index in [9.17, 15) is 0 Å². The fourth-order valence-corrected chi connectivity index (χ4v) is 3.33. The number of hydrogen-bond donors (Lipinski definition) is 1. The number of aliphatic hydroxyl groups excluding tert-OH is 1. The molecule has 15 heavy (non-hydrogen) atoms. The van der Waals surface area contributed by atoms with E-state index in [4.69, 9.17) is 10.4 Å². The maximum Gasteiger partial charge on any atom is 0.113 e. The predicted octanol–water partition coefficient (Wildman–Crippen LogP) is 2.82. The average Bonchev–Trinajstić information content (AvgIpc) is 2.96. The topological polar surface area (TPSA) is 44.0 Å². The summed E-state index contributed by atoms with van der Waals surface area (Å²) in [5, 5.41) is 18.2. The quantitative estimate of drug-likeness (QED) is 0.928. The molecule has 0 radical (unpaired) electrons. The van der Waals surface area contributed by atoms with Crippen LogP contribution in [0.4, 0.5) is 0 Å². The molecule has 0 saturated heterocycles. The summed E-state index contributed by atoms with van der Waals surface area (Å²) in [6.45, 7) is 0.102.